The van der Waals surface area contributed by atoms with Gasteiger partial charge in [-0.3, -0.25) is 0 Å². The van der Waals surface area contributed by atoms with Crippen molar-refractivity contribution in [3.8, 4) is 0 Å². The van der Waals surface area contributed by atoms with E-state index in [2.05, 4.69) is 24.3 Å². The highest BCUT2D eigenvalue weighted by molar-refractivity contribution is 5.17. The van der Waals surface area contributed by atoms with Gasteiger partial charge in [0.2, 0.25) is 0 Å². The lowest BCUT2D eigenvalue weighted by Gasteiger charge is -2.53. The van der Waals surface area contributed by atoms with Crippen molar-refractivity contribution in [1.29, 1.82) is 0 Å². The zero-order chi connectivity index (χ0) is 7.97. The van der Waals surface area contributed by atoms with Crippen LogP contribution in [-0.2, 0) is 0 Å². The fraction of sp³-hybridized carbons (Fsp3) is 0.667. The molecule has 3 rings (SSSR count). The summed E-state index contributed by atoms with van der Waals surface area (Å²) in [5.41, 5.74) is 0. The van der Waals surface area contributed by atoms with Crippen LogP contribution in [0.3, 0.4) is 0 Å². The minimum atomic E-state index is 0.931. The SMILES string of the molecule is C1=C[C@H]2[C@@H]3C=CCC[C@@H]3[C@H]2CC1. The van der Waals surface area contributed by atoms with Crippen LogP contribution in [0.2, 0.25) is 0 Å². The molecule has 0 aromatic carbocycles. The van der Waals surface area contributed by atoms with Crippen LogP contribution < -0.4 is 0 Å². The third kappa shape index (κ3) is 0.784. The molecular weight excluding hydrogens is 144 g/mol. The molecule has 0 heteroatoms. The molecular formula is C12H16. The molecule has 0 amide bonds. The Kier molecular flexibility index (Phi) is 1.44. The van der Waals surface area contributed by atoms with Gasteiger partial charge in [0.1, 0.15) is 0 Å². The number of rotatable bonds is 0. The predicted molar refractivity (Wildman–Crippen MR) is 50.7 cm³/mol. The lowest BCUT2D eigenvalue weighted by atomic mass is 9.51. The fourth-order valence-corrected chi connectivity index (χ4v) is 3.44. The topological polar surface area (TPSA) is 0 Å². The molecule has 0 N–H and O–H groups in total. The second-order valence-electron chi connectivity index (χ2n) is 4.49. The minimum absolute atomic E-state index is 0.931. The van der Waals surface area contributed by atoms with Gasteiger partial charge in [-0.25, -0.2) is 0 Å². The van der Waals surface area contributed by atoms with E-state index in [4.69, 9.17) is 0 Å². The molecule has 0 unspecified atom stereocenters. The third-order valence-electron chi connectivity index (χ3n) is 4.03. The Morgan fingerprint density at radius 2 is 1.25 bits per heavy atom. The summed E-state index contributed by atoms with van der Waals surface area (Å²) >= 11 is 0. The number of fused-ring (bicyclic) bond motifs is 4. The number of allylic oxidation sites excluding steroid dienone is 4. The molecule has 0 aromatic heterocycles. The average Bonchev–Trinajstić information content (AvgIpc) is 2.14. The van der Waals surface area contributed by atoms with Crippen LogP contribution in [0.25, 0.3) is 0 Å². The van der Waals surface area contributed by atoms with Gasteiger partial charge in [0.25, 0.3) is 0 Å². The second kappa shape index (κ2) is 2.48. The van der Waals surface area contributed by atoms with Gasteiger partial charge in [0, 0.05) is 0 Å². The highest BCUT2D eigenvalue weighted by Crippen LogP contribution is 2.55. The minimum Gasteiger partial charge on any atom is -0.0882 e. The van der Waals surface area contributed by atoms with E-state index in [1.807, 2.05) is 0 Å². The highest BCUT2D eigenvalue weighted by atomic mass is 14.5. The summed E-state index contributed by atoms with van der Waals surface area (Å²) in [5, 5.41) is 0. The molecule has 0 nitrogen and oxygen atoms in total. The first-order valence-electron chi connectivity index (χ1n) is 5.30. The fourth-order valence-electron chi connectivity index (χ4n) is 3.44. The zero-order valence-corrected chi connectivity index (χ0v) is 7.45. The van der Waals surface area contributed by atoms with Crippen LogP contribution >= 0.6 is 0 Å². The molecule has 0 aromatic rings. The summed E-state index contributed by atoms with van der Waals surface area (Å²) < 4.78 is 0. The van der Waals surface area contributed by atoms with Crippen molar-refractivity contribution < 1.29 is 0 Å². The quantitative estimate of drug-likeness (QED) is 0.477. The first-order valence-corrected chi connectivity index (χ1v) is 5.30. The Labute approximate surface area is 74.4 Å². The van der Waals surface area contributed by atoms with Gasteiger partial charge in [-0.1, -0.05) is 24.3 Å². The molecule has 0 heterocycles. The molecule has 64 valence electrons. The van der Waals surface area contributed by atoms with Crippen molar-refractivity contribution in [2.45, 2.75) is 25.7 Å². The molecule has 0 aliphatic heterocycles. The van der Waals surface area contributed by atoms with E-state index >= 15 is 0 Å². The molecule has 1 saturated carbocycles. The molecule has 0 saturated heterocycles. The predicted octanol–water partition coefficient (Wildman–Crippen LogP) is 3.16. The Balaban J connectivity index is 1.87. The largest absolute Gasteiger partial charge is 0.0882 e. The van der Waals surface area contributed by atoms with Crippen LogP contribution in [0.5, 0.6) is 0 Å². The molecule has 3 aliphatic carbocycles. The number of hydrogen-bond donors (Lipinski definition) is 0. The van der Waals surface area contributed by atoms with Crippen molar-refractivity contribution >= 4 is 0 Å². The van der Waals surface area contributed by atoms with Crippen molar-refractivity contribution in [3.63, 3.8) is 0 Å². The summed E-state index contributed by atoms with van der Waals surface area (Å²) in [5.74, 6) is 3.98. The summed E-state index contributed by atoms with van der Waals surface area (Å²) in [6.45, 7) is 0. The first-order chi connectivity index (χ1) is 5.97. The van der Waals surface area contributed by atoms with E-state index < -0.39 is 0 Å². The smallest absolute Gasteiger partial charge is 0.0136 e. The van der Waals surface area contributed by atoms with E-state index in [9.17, 15) is 0 Å². The van der Waals surface area contributed by atoms with Crippen LogP contribution in [0.1, 0.15) is 25.7 Å². The van der Waals surface area contributed by atoms with Gasteiger partial charge in [0.05, 0.1) is 0 Å². The van der Waals surface area contributed by atoms with E-state index in [1.54, 1.807) is 0 Å². The van der Waals surface area contributed by atoms with Crippen LogP contribution in [-0.4, -0.2) is 0 Å². The lowest BCUT2D eigenvalue weighted by Crippen LogP contribution is -2.46. The van der Waals surface area contributed by atoms with Gasteiger partial charge < -0.3 is 0 Å². The molecule has 0 radical (unpaired) electrons. The normalized spacial score (nSPS) is 49.3. The standard InChI is InChI=1S/C12H16/c1-2-6-10-9(5-1)11-7-3-4-8-12(10)11/h1,3,5,7,9-12H,2,4,6,8H2/t9-,10+,11+,12-/m1/s1. The zero-order valence-electron chi connectivity index (χ0n) is 7.45. The Bertz CT molecular complexity index is 210. The molecule has 0 spiro atoms. The number of hydrogen-bond acceptors (Lipinski definition) is 0. The Morgan fingerprint density at radius 3 is 1.75 bits per heavy atom. The maximum atomic E-state index is 2.48. The van der Waals surface area contributed by atoms with E-state index in [1.165, 1.54) is 25.7 Å². The maximum Gasteiger partial charge on any atom is -0.0136 e. The van der Waals surface area contributed by atoms with Gasteiger partial charge in [-0.15, -0.1) is 0 Å². The third-order valence-corrected chi connectivity index (χ3v) is 4.03. The van der Waals surface area contributed by atoms with Gasteiger partial charge in [-0.2, -0.15) is 0 Å². The summed E-state index contributed by atoms with van der Waals surface area (Å²) in [6, 6.07) is 0. The Hall–Kier alpha value is -0.520. The van der Waals surface area contributed by atoms with Crippen LogP contribution in [0.15, 0.2) is 24.3 Å². The molecule has 1 fully saturated rings. The maximum absolute atomic E-state index is 2.48. The van der Waals surface area contributed by atoms with Gasteiger partial charge >= 0.3 is 0 Å². The van der Waals surface area contributed by atoms with E-state index in [0.29, 0.717) is 0 Å². The summed E-state index contributed by atoms with van der Waals surface area (Å²) in [6.07, 6.45) is 15.4. The molecule has 0 bridgehead atoms. The molecule has 4 atom stereocenters. The van der Waals surface area contributed by atoms with Crippen molar-refractivity contribution in [3.05, 3.63) is 24.3 Å². The van der Waals surface area contributed by atoms with Crippen LogP contribution in [0.4, 0.5) is 0 Å². The molecule has 12 heavy (non-hydrogen) atoms. The van der Waals surface area contributed by atoms with E-state index in [0.717, 1.165) is 23.7 Å². The van der Waals surface area contributed by atoms with Crippen LogP contribution in [0, 0.1) is 23.7 Å². The first kappa shape index (κ1) is 6.94. The summed E-state index contributed by atoms with van der Waals surface area (Å²) in [4.78, 5) is 0. The van der Waals surface area contributed by atoms with Gasteiger partial charge in [0.15, 0.2) is 0 Å². The van der Waals surface area contributed by atoms with E-state index in [-0.39, 0.29) is 0 Å². The monoisotopic (exact) mass is 160 g/mol. The Morgan fingerprint density at radius 1 is 0.750 bits per heavy atom. The molecule has 3 aliphatic rings. The summed E-state index contributed by atoms with van der Waals surface area (Å²) in [7, 11) is 0. The lowest BCUT2D eigenvalue weighted by molar-refractivity contribution is 0.0195. The second-order valence-corrected chi connectivity index (χ2v) is 4.49. The van der Waals surface area contributed by atoms with Crippen molar-refractivity contribution in [2.24, 2.45) is 23.7 Å². The van der Waals surface area contributed by atoms with Gasteiger partial charge in [-0.05, 0) is 49.4 Å². The van der Waals surface area contributed by atoms with Crippen molar-refractivity contribution in [2.75, 3.05) is 0 Å². The average molecular weight is 160 g/mol. The van der Waals surface area contributed by atoms with Crippen molar-refractivity contribution in [1.82, 2.24) is 0 Å². The highest BCUT2D eigenvalue weighted by Gasteiger charge is 2.47.